The Morgan fingerprint density at radius 3 is 2.70 bits per heavy atom. The van der Waals surface area contributed by atoms with E-state index in [0.717, 1.165) is 15.8 Å². The van der Waals surface area contributed by atoms with Gasteiger partial charge in [-0.3, -0.25) is 14.7 Å². The van der Waals surface area contributed by atoms with Crippen LogP contribution >= 0.6 is 11.3 Å². The van der Waals surface area contributed by atoms with Crippen LogP contribution in [0.4, 0.5) is 5.13 Å². The van der Waals surface area contributed by atoms with E-state index in [1.807, 2.05) is 37.3 Å². The molecule has 0 saturated carbocycles. The molecule has 0 radical (unpaired) electrons. The summed E-state index contributed by atoms with van der Waals surface area (Å²) >= 11 is 1.41. The third-order valence-electron chi connectivity index (χ3n) is 6.54. The third-order valence-corrected chi connectivity index (χ3v) is 9.47. The highest BCUT2D eigenvalue weighted by molar-refractivity contribution is 7.89. The summed E-state index contributed by atoms with van der Waals surface area (Å²) in [5.41, 5.74) is 2.55. The minimum Gasteiger partial charge on any atom is -0.494 e. The van der Waals surface area contributed by atoms with Crippen molar-refractivity contribution in [3.8, 4) is 5.75 Å². The largest absolute Gasteiger partial charge is 0.494 e. The number of anilines is 1. The van der Waals surface area contributed by atoms with Gasteiger partial charge < -0.3 is 4.74 Å². The molecule has 192 valence electrons. The molecular formula is C27H28N4O4S2. The SMILES string of the molecule is COc1cccc2sc(N(Cc3cccnc3)C(=O)C3CCCN(S(=O)(=O)c4ccc(C)cc4)C3)nc12. The normalized spacial score (nSPS) is 16.5. The van der Waals surface area contributed by atoms with Gasteiger partial charge >= 0.3 is 0 Å². The summed E-state index contributed by atoms with van der Waals surface area (Å²) in [4.78, 5) is 24.9. The number of aryl methyl sites for hydroxylation is 1. The summed E-state index contributed by atoms with van der Waals surface area (Å²) in [7, 11) is -2.11. The number of thiazole rings is 1. The van der Waals surface area contributed by atoms with Crippen LogP contribution in [0.3, 0.4) is 0 Å². The van der Waals surface area contributed by atoms with E-state index in [0.29, 0.717) is 35.8 Å². The van der Waals surface area contributed by atoms with Crippen molar-refractivity contribution < 1.29 is 17.9 Å². The van der Waals surface area contributed by atoms with Crippen LogP contribution in [-0.2, 0) is 21.4 Å². The Bertz CT molecular complexity index is 1500. The lowest BCUT2D eigenvalue weighted by Crippen LogP contribution is -2.46. The molecule has 0 spiro atoms. The average Bonchev–Trinajstić information content (AvgIpc) is 3.36. The monoisotopic (exact) mass is 536 g/mol. The number of carbonyl (C=O) groups excluding carboxylic acids is 1. The van der Waals surface area contributed by atoms with Gasteiger partial charge in [-0.1, -0.05) is 41.2 Å². The summed E-state index contributed by atoms with van der Waals surface area (Å²) in [5.74, 6) is 0.00652. The Morgan fingerprint density at radius 2 is 1.97 bits per heavy atom. The van der Waals surface area contributed by atoms with Crippen molar-refractivity contribution in [2.75, 3.05) is 25.1 Å². The highest BCUT2D eigenvalue weighted by atomic mass is 32.2. The molecule has 1 atom stereocenters. The predicted octanol–water partition coefficient (Wildman–Crippen LogP) is 4.64. The lowest BCUT2D eigenvalue weighted by Gasteiger charge is -2.33. The van der Waals surface area contributed by atoms with Gasteiger partial charge in [0.05, 0.1) is 29.2 Å². The van der Waals surface area contributed by atoms with E-state index < -0.39 is 15.9 Å². The fourth-order valence-corrected chi connectivity index (χ4v) is 7.06. The van der Waals surface area contributed by atoms with Crippen molar-refractivity contribution in [3.05, 3.63) is 78.1 Å². The summed E-state index contributed by atoms with van der Waals surface area (Å²) in [5, 5.41) is 0.548. The number of fused-ring (bicyclic) bond motifs is 1. The molecule has 1 aliphatic rings. The Labute approximate surface area is 220 Å². The number of amides is 1. The molecular weight excluding hydrogens is 508 g/mol. The number of aromatic nitrogens is 2. The number of sulfonamides is 1. The smallest absolute Gasteiger partial charge is 0.243 e. The maximum Gasteiger partial charge on any atom is 0.243 e. The van der Waals surface area contributed by atoms with Gasteiger partial charge in [-0.2, -0.15) is 4.31 Å². The minimum atomic E-state index is -3.70. The fourth-order valence-electron chi connectivity index (χ4n) is 4.55. The van der Waals surface area contributed by atoms with Crippen LogP contribution < -0.4 is 9.64 Å². The van der Waals surface area contributed by atoms with Crippen LogP contribution in [0.1, 0.15) is 24.0 Å². The highest BCUT2D eigenvalue weighted by Crippen LogP contribution is 2.36. The zero-order valence-electron chi connectivity index (χ0n) is 20.7. The van der Waals surface area contributed by atoms with Gasteiger partial charge in [0.2, 0.25) is 15.9 Å². The van der Waals surface area contributed by atoms with Crippen LogP contribution in [0.2, 0.25) is 0 Å². The van der Waals surface area contributed by atoms with Crippen LogP contribution in [0.25, 0.3) is 10.2 Å². The lowest BCUT2D eigenvalue weighted by molar-refractivity contribution is -0.123. The van der Waals surface area contributed by atoms with Crippen LogP contribution in [0, 0.1) is 12.8 Å². The molecule has 1 aliphatic heterocycles. The summed E-state index contributed by atoms with van der Waals surface area (Å²) < 4.78 is 34.5. The van der Waals surface area contributed by atoms with Crippen molar-refractivity contribution in [2.24, 2.45) is 5.92 Å². The second-order valence-corrected chi connectivity index (χ2v) is 12.1. The van der Waals surface area contributed by atoms with Gasteiger partial charge in [0.15, 0.2) is 5.13 Å². The highest BCUT2D eigenvalue weighted by Gasteiger charge is 2.36. The molecule has 4 aromatic rings. The number of para-hydroxylation sites is 1. The Balaban J connectivity index is 1.46. The van der Waals surface area contributed by atoms with Gasteiger partial charge in [-0.05, 0) is 55.7 Å². The second kappa shape index (κ2) is 10.6. The van der Waals surface area contributed by atoms with E-state index in [1.54, 1.807) is 48.7 Å². The van der Waals surface area contributed by atoms with Crippen LogP contribution in [0.5, 0.6) is 5.75 Å². The second-order valence-electron chi connectivity index (χ2n) is 9.10. The van der Waals surface area contributed by atoms with E-state index in [4.69, 9.17) is 9.72 Å². The van der Waals surface area contributed by atoms with Gasteiger partial charge in [0.1, 0.15) is 11.3 Å². The molecule has 1 saturated heterocycles. The minimum absolute atomic E-state index is 0.132. The topological polar surface area (TPSA) is 92.7 Å². The maximum atomic E-state index is 14.0. The fraction of sp³-hybridized carbons (Fsp3) is 0.296. The van der Waals surface area contributed by atoms with Crippen molar-refractivity contribution in [3.63, 3.8) is 0 Å². The van der Waals surface area contributed by atoms with E-state index in [-0.39, 0.29) is 23.9 Å². The summed E-state index contributed by atoms with van der Waals surface area (Å²) in [6, 6.07) is 16.2. The van der Waals surface area contributed by atoms with E-state index >= 15 is 0 Å². The van der Waals surface area contributed by atoms with Crippen molar-refractivity contribution in [1.29, 1.82) is 0 Å². The van der Waals surface area contributed by atoms with Gasteiger partial charge in [-0.25, -0.2) is 13.4 Å². The summed E-state index contributed by atoms with van der Waals surface area (Å²) in [6.45, 7) is 2.73. The van der Waals surface area contributed by atoms with Crippen molar-refractivity contribution >= 4 is 42.6 Å². The molecule has 1 amide bonds. The van der Waals surface area contributed by atoms with Crippen LogP contribution in [0.15, 0.2) is 71.9 Å². The number of pyridine rings is 1. The Kier molecular flexibility index (Phi) is 7.23. The molecule has 5 rings (SSSR count). The number of hydrogen-bond acceptors (Lipinski definition) is 7. The molecule has 1 fully saturated rings. The predicted molar refractivity (Wildman–Crippen MR) is 144 cm³/mol. The number of ether oxygens (including phenoxy) is 1. The summed E-state index contributed by atoms with van der Waals surface area (Å²) in [6.07, 6.45) is 4.63. The molecule has 0 N–H and O–H groups in total. The van der Waals surface area contributed by atoms with Crippen molar-refractivity contribution in [2.45, 2.75) is 31.2 Å². The maximum absolute atomic E-state index is 14.0. The number of carbonyl (C=O) groups is 1. The van der Waals surface area contributed by atoms with Gasteiger partial charge in [0.25, 0.3) is 0 Å². The zero-order valence-corrected chi connectivity index (χ0v) is 22.3. The molecule has 8 nitrogen and oxygen atoms in total. The zero-order chi connectivity index (χ0) is 26.0. The number of rotatable bonds is 7. The Morgan fingerprint density at radius 1 is 1.16 bits per heavy atom. The van der Waals surface area contributed by atoms with Crippen LogP contribution in [-0.4, -0.2) is 48.8 Å². The first-order valence-electron chi connectivity index (χ1n) is 12.1. The van der Waals surface area contributed by atoms with Crippen molar-refractivity contribution in [1.82, 2.24) is 14.3 Å². The first-order valence-corrected chi connectivity index (χ1v) is 14.3. The number of hydrogen-bond donors (Lipinski definition) is 0. The average molecular weight is 537 g/mol. The molecule has 2 aromatic carbocycles. The number of nitrogens with zero attached hydrogens (tertiary/aromatic N) is 4. The van der Waals surface area contributed by atoms with E-state index in [1.165, 1.54) is 15.6 Å². The third kappa shape index (κ3) is 5.22. The number of benzene rings is 2. The molecule has 10 heteroatoms. The molecule has 2 aromatic heterocycles. The first-order chi connectivity index (χ1) is 17.9. The first kappa shape index (κ1) is 25.3. The van der Waals surface area contributed by atoms with E-state index in [9.17, 15) is 13.2 Å². The number of methoxy groups -OCH3 is 1. The lowest BCUT2D eigenvalue weighted by atomic mass is 9.98. The molecule has 3 heterocycles. The standard InChI is InChI=1S/C27H28N4O4S2/c1-19-10-12-22(13-11-19)37(33,34)30-15-5-7-21(18-30)26(32)31(17-20-6-4-14-28-16-20)27-29-25-23(35-2)8-3-9-24(25)36-27/h3-4,6,8-14,16,21H,5,7,15,17-18H2,1-2H3. The molecule has 0 bridgehead atoms. The Hall–Kier alpha value is -3.34. The molecule has 0 aliphatic carbocycles. The molecule has 37 heavy (non-hydrogen) atoms. The van der Waals surface area contributed by atoms with Gasteiger partial charge in [-0.15, -0.1) is 0 Å². The quantitative estimate of drug-likeness (QED) is 0.342. The van der Waals surface area contributed by atoms with Gasteiger partial charge in [0, 0.05) is 25.5 Å². The number of piperidine rings is 1. The van der Waals surface area contributed by atoms with E-state index in [2.05, 4.69) is 4.98 Å². The molecule has 1 unspecified atom stereocenters.